The van der Waals surface area contributed by atoms with Gasteiger partial charge in [0.2, 0.25) is 0 Å². The van der Waals surface area contributed by atoms with Crippen LogP contribution in [0.5, 0.6) is 0 Å². The first-order chi connectivity index (χ1) is 9.56. The van der Waals surface area contributed by atoms with Crippen molar-refractivity contribution in [3.8, 4) is 0 Å². The molecule has 2 aromatic heterocycles. The average Bonchev–Trinajstić information content (AvgIpc) is 3.02. The van der Waals surface area contributed by atoms with E-state index in [1.807, 2.05) is 13.0 Å². The van der Waals surface area contributed by atoms with Gasteiger partial charge in [0.25, 0.3) is 5.91 Å². The number of rotatable bonds is 5. The number of furan rings is 1. The molecule has 0 radical (unpaired) electrons. The molecule has 1 amide bonds. The third kappa shape index (κ3) is 3.58. The van der Waals surface area contributed by atoms with Gasteiger partial charge >= 0.3 is 5.97 Å². The summed E-state index contributed by atoms with van der Waals surface area (Å²) >= 11 is 1.26. The van der Waals surface area contributed by atoms with E-state index in [1.54, 1.807) is 17.5 Å². The highest BCUT2D eigenvalue weighted by Crippen LogP contribution is 2.18. The molecule has 0 atom stereocenters. The Bertz CT molecular complexity index is 654. The van der Waals surface area contributed by atoms with Crippen molar-refractivity contribution in [3.05, 3.63) is 51.6 Å². The molecule has 6 heteroatoms. The van der Waals surface area contributed by atoms with Crippen LogP contribution in [-0.2, 0) is 11.3 Å². The summed E-state index contributed by atoms with van der Waals surface area (Å²) in [6.07, 6.45) is 2.42. The molecule has 0 unspecified atom stereocenters. The summed E-state index contributed by atoms with van der Waals surface area (Å²) in [6.45, 7) is 2.13. The normalized spacial score (nSPS) is 10.8. The summed E-state index contributed by atoms with van der Waals surface area (Å²) in [5.41, 5.74) is 0.588. The molecule has 0 fully saturated rings. The van der Waals surface area contributed by atoms with Gasteiger partial charge in [-0.05, 0) is 42.1 Å². The zero-order valence-corrected chi connectivity index (χ0v) is 11.6. The molecule has 0 bridgehead atoms. The Balaban J connectivity index is 2.02. The smallest absolute Gasteiger partial charge is 0.328 e. The minimum atomic E-state index is -1.05. The lowest BCUT2D eigenvalue weighted by Gasteiger charge is -2.02. The van der Waals surface area contributed by atoms with Crippen molar-refractivity contribution in [2.24, 2.45) is 0 Å². The van der Waals surface area contributed by atoms with Gasteiger partial charge in [-0.1, -0.05) is 0 Å². The highest BCUT2D eigenvalue weighted by atomic mass is 32.1. The van der Waals surface area contributed by atoms with E-state index >= 15 is 0 Å². The number of amides is 1. The summed E-state index contributed by atoms with van der Waals surface area (Å²) in [7, 11) is 0. The molecule has 2 heterocycles. The van der Waals surface area contributed by atoms with E-state index in [1.165, 1.54) is 17.4 Å². The van der Waals surface area contributed by atoms with Gasteiger partial charge in [0.05, 0.1) is 11.4 Å². The number of hydrogen-bond donors (Lipinski definition) is 2. The first kappa shape index (κ1) is 14.1. The summed E-state index contributed by atoms with van der Waals surface area (Å²) in [4.78, 5) is 23.0. The third-order valence-corrected chi connectivity index (χ3v) is 3.46. The van der Waals surface area contributed by atoms with Crippen LogP contribution in [0.25, 0.3) is 6.08 Å². The van der Waals surface area contributed by atoms with E-state index in [2.05, 4.69) is 5.32 Å². The molecule has 0 aromatic carbocycles. The van der Waals surface area contributed by atoms with Crippen molar-refractivity contribution in [2.75, 3.05) is 0 Å². The first-order valence-electron chi connectivity index (χ1n) is 5.88. The Morgan fingerprint density at radius 1 is 1.40 bits per heavy atom. The van der Waals surface area contributed by atoms with Gasteiger partial charge < -0.3 is 14.8 Å². The molecule has 0 saturated heterocycles. The molecule has 2 N–H and O–H groups in total. The minimum Gasteiger partial charge on any atom is -0.478 e. The average molecular weight is 291 g/mol. The predicted octanol–water partition coefficient (Wildman–Crippen LogP) is 2.68. The number of carboxylic acids is 1. The summed E-state index contributed by atoms with van der Waals surface area (Å²) in [6, 6.07) is 5.33. The molecule has 0 aliphatic heterocycles. The summed E-state index contributed by atoms with van der Waals surface area (Å²) < 4.78 is 5.36. The van der Waals surface area contributed by atoms with Crippen LogP contribution in [0, 0.1) is 6.92 Å². The SMILES string of the molecule is Cc1ccc(CNC(=O)c2sccc2C=CC(=O)O)o1. The van der Waals surface area contributed by atoms with Crippen LogP contribution in [0.2, 0.25) is 0 Å². The number of hydrogen-bond acceptors (Lipinski definition) is 4. The van der Waals surface area contributed by atoms with Crippen LogP contribution in [0.15, 0.2) is 34.1 Å². The molecule has 2 aromatic rings. The molecular weight excluding hydrogens is 278 g/mol. The first-order valence-corrected chi connectivity index (χ1v) is 6.76. The topological polar surface area (TPSA) is 79.5 Å². The van der Waals surface area contributed by atoms with E-state index in [0.29, 0.717) is 22.7 Å². The van der Waals surface area contributed by atoms with Crippen LogP contribution in [0.1, 0.15) is 26.8 Å². The molecule has 0 aliphatic carbocycles. The van der Waals surface area contributed by atoms with Crippen molar-refractivity contribution in [2.45, 2.75) is 13.5 Å². The molecule has 2 rings (SSSR count). The van der Waals surface area contributed by atoms with Crippen LogP contribution in [-0.4, -0.2) is 17.0 Å². The van der Waals surface area contributed by atoms with Crippen LogP contribution in [0.3, 0.4) is 0 Å². The van der Waals surface area contributed by atoms with Gasteiger partial charge in [-0.2, -0.15) is 0 Å². The van der Waals surface area contributed by atoms with E-state index in [9.17, 15) is 9.59 Å². The molecule has 104 valence electrons. The lowest BCUT2D eigenvalue weighted by molar-refractivity contribution is -0.131. The maximum Gasteiger partial charge on any atom is 0.328 e. The lowest BCUT2D eigenvalue weighted by Crippen LogP contribution is -2.22. The maximum atomic E-state index is 12.0. The Morgan fingerprint density at radius 2 is 2.20 bits per heavy atom. The standard InChI is InChI=1S/C14H13NO4S/c1-9-2-4-11(19-9)8-15-14(18)13-10(6-7-20-13)3-5-12(16)17/h2-7H,8H2,1H3,(H,15,18)(H,16,17). The second kappa shape index (κ2) is 6.21. The van der Waals surface area contributed by atoms with Crippen LogP contribution in [0.4, 0.5) is 0 Å². The van der Waals surface area contributed by atoms with Crippen molar-refractivity contribution < 1.29 is 19.1 Å². The largest absolute Gasteiger partial charge is 0.478 e. The number of aryl methyl sites for hydroxylation is 1. The number of nitrogens with one attached hydrogen (secondary N) is 1. The minimum absolute atomic E-state index is 0.251. The molecule has 0 saturated carbocycles. The number of thiophene rings is 1. The van der Waals surface area contributed by atoms with Gasteiger partial charge in [0, 0.05) is 6.08 Å². The van der Waals surface area contributed by atoms with Gasteiger partial charge in [-0.15, -0.1) is 11.3 Å². The van der Waals surface area contributed by atoms with Crippen molar-refractivity contribution in [1.82, 2.24) is 5.32 Å². The number of carboxylic acid groups (broad SMARTS) is 1. The summed E-state index contributed by atoms with van der Waals surface area (Å²) in [5.74, 6) is 0.165. The Hall–Kier alpha value is -2.34. The lowest BCUT2D eigenvalue weighted by atomic mass is 10.2. The van der Waals surface area contributed by atoms with Crippen LogP contribution < -0.4 is 5.32 Å². The number of carbonyl (C=O) groups excluding carboxylic acids is 1. The maximum absolute atomic E-state index is 12.0. The fraction of sp³-hybridized carbons (Fsp3) is 0.143. The number of carbonyl (C=O) groups is 2. The van der Waals surface area contributed by atoms with E-state index in [4.69, 9.17) is 9.52 Å². The molecule has 0 spiro atoms. The Labute approximate surface area is 119 Å². The van der Waals surface area contributed by atoms with Gasteiger partial charge in [-0.25, -0.2) is 4.79 Å². The van der Waals surface area contributed by atoms with Gasteiger partial charge in [-0.3, -0.25) is 4.79 Å². The third-order valence-electron chi connectivity index (χ3n) is 2.53. The zero-order chi connectivity index (χ0) is 14.5. The highest BCUT2D eigenvalue weighted by molar-refractivity contribution is 7.12. The van der Waals surface area contributed by atoms with E-state index in [-0.39, 0.29) is 5.91 Å². The quantitative estimate of drug-likeness (QED) is 0.830. The zero-order valence-electron chi connectivity index (χ0n) is 10.8. The van der Waals surface area contributed by atoms with E-state index < -0.39 is 5.97 Å². The molecule has 5 nitrogen and oxygen atoms in total. The second-order valence-electron chi connectivity index (χ2n) is 4.07. The van der Waals surface area contributed by atoms with Crippen molar-refractivity contribution >= 4 is 29.3 Å². The van der Waals surface area contributed by atoms with Crippen molar-refractivity contribution in [1.29, 1.82) is 0 Å². The Morgan fingerprint density at radius 3 is 2.85 bits per heavy atom. The van der Waals surface area contributed by atoms with Crippen molar-refractivity contribution in [3.63, 3.8) is 0 Å². The van der Waals surface area contributed by atoms with Crippen LogP contribution >= 0.6 is 11.3 Å². The molecular formula is C14H13NO4S. The fourth-order valence-corrected chi connectivity index (χ4v) is 2.43. The summed E-state index contributed by atoms with van der Waals surface area (Å²) in [5, 5.41) is 13.1. The predicted molar refractivity (Wildman–Crippen MR) is 75.6 cm³/mol. The monoisotopic (exact) mass is 291 g/mol. The van der Waals surface area contributed by atoms with Gasteiger partial charge in [0.1, 0.15) is 11.5 Å². The molecule has 20 heavy (non-hydrogen) atoms. The fourth-order valence-electron chi connectivity index (χ4n) is 1.62. The van der Waals surface area contributed by atoms with E-state index in [0.717, 1.165) is 11.8 Å². The highest BCUT2D eigenvalue weighted by Gasteiger charge is 2.12. The number of aliphatic carboxylic acids is 1. The van der Waals surface area contributed by atoms with Gasteiger partial charge in [0.15, 0.2) is 0 Å². The Kier molecular flexibility index (Phi) is 4.37. The molecule has 0 aliphatic rings. The second-order valence-corrected chi connectivity index (χ2v) is 4.99.